The van der Waals surface area contributed by atoms with E-state index in [4.69, 9.17) is 5.21 Å². The largest absolute Gasteiger partial charge is 0.317 e. The highest BCUT2D eigenvalue weighted by atomic mass is 32.2. The standard InChI is InChI=1S/C14H18N2O3S/c1-11(16-17)6-7-20(18,19)10-12-8-13-4-2-3-5-14(13)15-9-12/h2-5,8-9,11,16-17H,6-7,10H2,1H3/t11-/m0/s1. The lowest BCUT2D eigenvalue weighted by Gasteiger charge is -2.09. The molecule has 1 aromatic heterocycles. The van der Waals surface area contributed by atoms with Gasteiger partial charge in [-0.15, -0.1) is 0 Å². The third-order valence-electron chi connectivity index (χ3n) is 3.12. The van der Waals surface area contributed by atoms with E-state index in [-0.39, 0.29) is 17.5 Å². The summed E-state index contributed by atoms with van der Waals surface area (Å²) in [7, 11) is -3.20. The third kappa shape index (κ3) is 4.00. The van der Waals surface area contributed by atoms with Crippen LogP contribution in [0.25, 0.3) is 10.9 Å². The fourth-order valence-electron chi connectivity index (χ4n) is 1.94. The maximum atomic E-state index is 12.0. The van der Waals surface area contributed by atoms with Gasteiger partial charge >= 0.3 is 0 Å². The summed E-state index contributed by atoms with van der Waals surface area (Å²) in [5.74, 6) is 0.0114. The van der Waals surface area contributed by atoms with Crippen LogP contribution in [0.15, 0.2) is 36.5 Å². The highest BCUT2D eigenvalue weighted by Gasteiger charge is 2.14. The normalized spacial score (nSPS) is 13.5. The van der Waals surface area contributed by atoms with Crippen LogP contribution in [-0.4, -0.2) is 30.4 Å². The quantitative estimate of drug-likeness (QED) is 0.796. The van der Waals surface area contributed by atoms with E-state index in [1.807, 2.05) is 35.8 Å². The molecule has 0 unspecified atom stereocenters. The Bertz CT molecular complexity index is 686. The minimum Gasteiger partial charge on any atom is -0.317 e. The van der Waals surface area contributed by atoms with E-state index in [2.05, 4.69) is 4.98 Å². The molecule has 0 spiro atoms. The summed E-state index contributed by atoms with van der Waals surface area (Å²) in [4.78, 5) is 4.26. The number of hydrogen-bond acceptors (Lipinski definition) is 5. The number of nitrogens with zero attached hydrogens (tertiary/aromatic N) is 1. The molecule has 20 heavy (non-hydrogen) atoms. The highest BCUT2D eigenvalue weighted by molar-refractivity contribution is 7.90. The van der Waals surface area contributed by atoms with Crippen LogP contribution in [0.3, 0.4) is 0 Å². The number of sulfone groups is 1. The number of rotatable bonds is 6. The number of hydrogen-bond donors (Lipinski definition) is 2. The molecule has 0 amide bonds. The summed E-state index contributed by atoms with van der Waals surface area (Å²) in [5.41, 5.74) is 3.59. The van der Waals surface area contributed by atoms with Crippen molar-refractivity contribution in [3.8, 4) is 0 Å². The van der Waals surface area contributed by atoms with Crippen molar-refractivity contribution in [2.24, 2.45) is 0 Å². The number of benzene rings is 1. The Balaban J connectivity index is 2.10. The van der Waals surface area contributed by atoms with Gasteiger partial charge < -0.3 is 5.21 Å². The van der Waals surface area contributed by atoms with Crippen LogP contribution in [0.5, 0.6) is 0 Å². The van der Waals surface area contributed by atoms with Crippen LogP contribution in [0.2, 0.25) is 0 Å². The lowest BCUT2D eigenvalue weighted by molar-refractivity contribution is 0.131. The summed E-state index contributed by atoms with van der Waals surface area (Å²) in [6, 6.07) is 9.22. The first-order valence-electron chi connectivity index (χ1n) is 6.44. The average molecular weight is 294 g/mol. The van der Waals surface area contributed by atoms with Crippen LogP contribution >= 0.6 is 0 Å². The second kappa shape index (κ2) is 6.30. The van der Waals surface area contributed by atoms with Gasteiger partial charge in [0.25, 0.3) is 0 Å². The van der Waals surface area contributed by atoms with Crippen LogP contribution in [0, 0.1) is 0 Å². The molecular formula is C14H18N2O3S. The number of hydroxylamine groups is 1. The van der Waals surface area contributed by atoms with Crippen molar-refractivity contribution in [2.75, 3.05) is 5.75 Å². The fourth-order valence-corrected chi connectivity index (χ4v) is 3.47. The minimum absolute atomic E-state index is 0.0248. The van der Waals surface area contributed by atoms with Crippen LogP contribution in [0.1, 0.15) is 18.9 Å². The summed E-state index contributed by atoms with van der Waals surface area (Å²) in [5, 5.41) is 9.62. The molecule has 2 aromatic rings. The van der Waals surface area contributed by atoms with Gasteiger partial charge in [0.05, 0.1) is 17.0 Å². The van der Waals surface area contributed by atoms with Crippen molar-refractivity contribution in [1.82, 2.24) is 10.5 Å². The lowest BCUT2D eigenvalue weighted by atomic mass is 10.2. The predicted octanol–water partition coefficient (Wildman–Crippen LogP) is 1.91. The predicted molar refractivity (Wildman–Crippen MR) is 78.2 cm³/mol. The van der Waals surface area contributed by atoms with Crippen molar-refractivity contribution in [1.29, 1.82) is 0 Å². The Morgan fingerprint density at radius 3 is 2.85 bits per heavy atom. The Morgan fingerprint density at radius 2 is 2.10 bits per heavy atom. The molecule has 2 N–H and O–H groups in total. The molecule has 0 aliphatic heterocycles. The van der Waals surface area contributed by atoms with E-state index in [0.29, 0.717) is 12.0 Å². The van der Waals surface area contributed by atoms with E-state index in [9.17, 15) is 8.42 Å². The minimum atomic E-state index is -3.20. The zero-order valence-electron chi connectivity index (χ0n) is 11.3. The van der Waals surface area contributed by atoms with E-state index in [1.54, 1.807) is 13.1 Å². The van der Waals surface area contributed by atoms with Crippen molar-refractivity contribution < 1.29 is 13.6 Å². The van der Waals surface area contributed by atoms with Crippen molar-refractivity contribution in [2.45, 2.75) is 25.1 Å². The Labute approximate surface area is 118 Å². The topological polar surface area (TPSA) is 79.3 Å². The SMILES string of the molecule is C[C@@H](CCS(=O)(=O)Cc1cnc2ccccc2c1)NO. The van der Waals surface area contributed by atoms with Crippen LogP contribution in [-0.2, 0) is 15.6 Å². The summed E-state index contributed by atoms with van der Waals surface area (Å²) < 4.78 is 24.0. The zero-order chi connectivity index (χ0) is 14.6. The second-order valence-corrected chi connectivity index (χ2v) is 7.13. The number of nitrogens with one attached hydrogen (secondary N) is 1. The Kier molecular flexibility index (Phi) is 4.69. The first-order valence-corrected chi connectivity index (χ1v) is 8.26. The smallest absolute Gasteiger partial charge is 0.154 e. The summed E-state index contributed by atoms with van der Waals surface area (Å²) >= 11 is 0. The van der Waals surface area contributed by atoms with E-state index < -0.39 is 9.84 Å². The van der Waals surface area contributed by atoms with Gasteiger partial charge in [0.15, 0.2) is 9.84 Å². The van der Waals surface area contributed by atoms with Gasteiger partial charge in [-0.2, -0.15) is 0 Å². The van der Waals surface area contributed by atoms with Gasteiger partial charge in [-0.05, 0) is 31.0 Å². The van der Waals surface area contributed by atoms with Crippen LogP contribution in [0.4, 0.5) is 0 Å². The van der Waals surface area contributed by atoms with Gasteiger partial charge in [-0.3, -0.25) is 4.98 Å². The van der Waals surface area contributed by atoms with Gasteiger partial charge in [0.1, 0.15) is 0 Å². The monoisotopic (exact) mass is 294 g/mol. The number of para-hydroxylation sites is 1. The van der Waals surface area contributed by atoms with E-state index in [0.717, 1.165) is 10.9 Å². The molecule has 6 heteroatoms. The van der Waals surface area contributed by atoms with Crippen molar-refractivity contribution >= 4 is 20.7 Å². The molecule has 1 atom stereocenters. The van der Waals surface area contributed by atoms with E-state index in [1.165, 1.54) is 0 Å². The molecule has 0 aliphatic carbocycles. The second-order valence-electron chi connectivity index (χ2n) is 4.95. The zero-order valence-corrected chi connectivity index (χ0v) is 12.1. The third-order valence-corrected chi connectivity index (χ3v) is 4.75. The van der Waals surface area contributed by atoms with Gasteiger partial charge in [-0.25, -0.2) is 13.9 Å². The lowest BCUT2D eigenvalue weighted by Crippen LogP contribution is -2.25. The maximum absolute atomic E-state index is 12.0. The molecule has 0 radical (unpaired) electrons. The molecule has 0 bridgehead atoms. The molecular weight excluding hydrogens is 276 g/mol. The van der Waals surface area contributed by atoms with Crippen molar-refractivity contribution in [3.05, 3.63) is 42.1 Å². The van der Waals surface area contributed by atoms with Crippen molar-refractivity contribution in [3.63, 3.8) is 0 Å². The van der Waals surface area contributed by atoms with Gasteiger partial charge in [-0.1, -0.05) is 18.2 Å². The average Bonchev–Trinajstić information content (AvgIpc) is 2.44. The van der Waals surface area contributed by atoms with E-state index >= 15 is 0 Å². The maximum Gasteiger partial charge on any atom is 0.154 e. The Hall–Kier alpha value is -1.50. The summed E-state index contributed by atoms with van der Waals surface area (Å²) in [6.45, 7) is 1.73. The number of aromatic nitrogens is 1. The molecule has 1 aromatic carbocycles. The molecule has 0 saturated carbocycles. The first kappa shape index (κ1) is 14.9. The molecule has 5 nitrogen and oxygen atoms in total. The van der Waals surface area contributed by atoms with Gasteiger partial charge in [0.2, 0.25) is 0 Å². The fraction of sp³-hybridized carbons (Fsp3) is 0.357. The number of fused-ring (bicyclic) bond motifs is 1. The van der Waals surface area contributed by atoms with Crippen LogP contribution < -0.4 is 5.48 Å². The number of pyridine rings is 1. The molecule has 0 saturated heterocycles. The Morgan fingerprint density at radius 1 is 1.35 bits per heavy atom. The first-order chi connectivity index (χ1) is 9.50. The molecule has 2 rings (SSSR count). The highest BCUT2D eigenvalue weighted by Crippen LogP contribution is 2.15. The molecule has 0 fully saturated rings. The van der Waals surface area contributed by atoms with Gasteiger partial charge in [0, 0.05) is 17.6 Å². The molecule has 0 aliphatic rings. The summed E-state index contributed by atoms with van der Waals surface area (Å²) in [6.07, 6.45) is 1.98. The molecule has 108 valence electrons. The molecule has 1 heterocycles.